The van der Waals surface area contributed by atoms with Crippen molar-refractivity contribution in [2.24, 2.45) is 0 Å². The number of hydrogen-bond donors (Lipinski definition) is 1. The van der Waals surface area contributed by atoms with Gasteiger partial charge in [-0.15, -0.1) is 0 Å². The molecule has 1 N–H and O–H groups in total. The Balaban J connectivity index is 1.52. The topological polar surface area (TPSA) is 71.5 Å². The van der Waals surface area contributed by atoms with Crippen molar-refractivity contribution in [3.8, 4) is 5.75 Å². The van der Waals surface area contributed by atoms with Gasteiger partial charge in [0.1, 0.15) is 18.4 Å². The summed E-state index contributed by atoms with van der Waals surface area (Å²) in [6, 6.07) is 16.1. The standard InChI is InChI=1S/C27H26F3N3O3/c28-27(29,30)21-11-9-20(10-12-21)26(35)33(24-6-2-4-16-32-25(24)34)17-19-7-13-23(14-8-19)36-18-22-5-1-3-15-31-22/h1,3,5,7-15,24H,2,4,6,16-18H2,(H,32,34)/t24-/m0/s1. The zero-order valence-corrected chi connectivity index (χ0v) is 19.5. The Labute approximate surface area is 207 Å². The lowest BCUT2D eigenvalue weighted by Gasteiger charge is -2.30. The lowest BCUT2D eigenvalue weighted by molar-refractivity contribution is -0.137. The van der Waals surface area contributed by atoms with E-state index in [0.29, 0.717) is 25.3 Å². The summed E-state index contributed by atoms with van der Waals surface area (Å²) in [4.78, 5) is 31.8. The fourth-order valence-corrected chi connectivity index (χ4v) is 4.04. The van der Waals surface area contributed by atoms with Crippen molar-refractivity contribution in [3.05, 3.63) is 95.3 Å². The fourth-order valence-electron chi connectivity index (χ4n) is 4.04. The number of pyridine rings is 1. The molecule has 0 unspecified atom stereocenters. The van der Waals surface area contributed by atoms with Gasteiger partial charge in [0.15, 0.2) is 0 Å². The van der Waals surface area contributed by atoms with E-state index < -0.39 is 23.7 Å². The van der Waals surface area contributed by atoms with Gasteiger partial charge in [0.05, 0.1) is 11.3 Å². The molecule has 1 aromatic heterocycles. The lowest BCUT2D eigenvalue weighted by Crippen LogP contribution is -2.48. The molecular weight excluding hydrogens is 471 g/mol. The van der Waals surface area contributed by atoms with Crippen LogP contribution >= 0.6 is 0 Å². The smallest absolute Gasteiger partial charge is 0.416 e. The van der Waals surface area contributed by atoms with Gasteiger partial charge >= 0.3 is 6.18 Å². The summed E-state index contributed by atoms with van der Waals surface area (Å²) >= 11 is 0. The van der Waals surface area contributed by atoms with E-state index in [1.54, 1.807) is 30.5 Å². The van der Waals surface area contributed by atoms with Gasteiger partial charge < -0.3 is 15.0 Å². The van der Waals surface area contributed by atoms with Crippen LogP contribution in [0.3, 0.4) is 0 Å². The number of carbonyl (C=O) groups is 2. The van der Waals surface area contributed by atoms with Gasteiger partial charge in [-0.25, -0.2) is 0 Å². The van der Waals surface area contributed by atoms with Gasteiger partial charge in [0.25, 0.3) is 5.91 Å². The van der Waals surface area contributed by atoms with E-state index in [1.807, 2.05) is 18.2 Å². The zero-order chi connectivity index (χ0) is 25.5. The summed E-state index contributed by atoms with van der Waals surface area (Å²) in [6.07, 6.45) is -0.784. The summed E-state index contributed by atoms with van der Waals surface area (Å²) in [5.41, 5.74) is 0.807. The Kier molecular flexibility index (Phi) is 7.87. The molecule has 2 heterocycles. The Hall–Kier alpha value is -3.88. The maximum Gasteiger partial charge on any atom is 0.416 e. The minimum Gasteiger partial charge on any atom is -0.487 e. The molecule has 2 amide bonds. The normalized spacial score (nSPS) is 16.1. The Morgan fingerprint density at radius 2 is 1.78 bits per heavy atom. The lowest BCUT2D eigenvalue weighted by atomic mass is 10.0. The quantitative estimate of drug-likeness (QED) is 0.499. The van der Waals surface area contributed by atoms with Crippen LogP contribution in [0.5, 0.6) is 5.75 Å². The van der Waals surface area contributed by atoms with Gasteiger partial charge in [-0.3, -0.25) is 14.6 Å². The second kappa shape index (κ2) is 11.2. The minimum absolute atomic E-state index is 0.0929. The van der Waals surface area contributed by atoms with Crippen LogP contribution in [0.15, 0.2) is 72.9 Å². The number of halogens is 3. The molecule has 1 saturated heterocycles. The molecule has 4 rings (SSSR count). The third-order valence-electron chi connectivity index (χ3n) is 5.99. The van der Waals surface area contributed by atoms with Gasteiger partial charge in [0.2, 0.25) is 5.91 Å². The van der Waals surface area contributed by atoms with Crippen LogP contribution in [-0.4, -0.2) is 34.3 Å². The van der Waals surface area contributed by atoms with Crippen LogP contribution in [0.25, 0.3) is 0 Å². The molecular formula is C27H26F3N3O3. The first-order valence-corrected chi connectivity index (χ1v) is 11.7. The monoisotopic (exact) mass is 497 g/mol. The first kappa shape index (κ1) is 25.2. The molecule has 0 aliphatic carbocycles. The van der Waals surface area contributed by atoms with Crippen molar-refractivity contribution in [3.63, 3.8) is 0 Å². The Bertz CT molecular complexity index is 1170. The first-order valence-electron chi connectivity index (χ1n) is 11.7. The van der Waals surface area contributed by atoms with Gasteiger partial charge in [-0.05, 0) is 73.4 Å². The molecule has 188 valence electrons. The van der Waals surface area contributed by atoms with Crippen molar-refractivity contribution >= 4 is 11.8 Å². The highest BCUT2D eigenvalue weighted by Crippen LogP contribution is 2.29. The Morgan fingerprint density at radius 3 is 2.44 bits per heavy atom. The molecule has 2 aromatic carbocycles. The highest BCUT2D eigenvalue weighted by atomic mass is 19.4. The van der Waals surface area contributed by atoms with E-state index in [2.05, 4.69) is 10.3 Å². The van der Waals surface area contributed by atoms with Crippen LogP contribution in [0.2, 0.25) is 0 Å². The molecule has 1 fully saturated rings. The van der Waals surface area contributed by atoms with Crippen molar-refractivity contribution in [1.82, 2.24) is 15.2 Å². The van der Waals surface area contributed by atoms with Crippen LogP contribution < -0.4 is 10.1 Å². The van der Waals surface area contributed by atoms with E-state index in [9.17, 15) is 22.8 Å². The number of nitrogens with zero attached hydrogens (tertiary/aromatic N) is 2. The SMILES string of the molecule is O=C1NCCCC[C@@H]1N(Cc1ccc(OCc2ccccn2)cc1)C(=O)c1ccc(C(F)(F)F)cc1. The third-order valence-corrected chi connectivity index (χ3v) is 5.99. The number of rotatable bonds is 7. The number of aromatic nitrogens is 1. The molecule has 3 aromatic rings. The van der Waals surface area contributed by atoms with Crippen molar-refractivity contribution in [2.75, 3.05) is 6.54 Å². The molecule has 1 aliphatic rings. The highest BCUT2D eigenvalue weighted by molar-refractivity contribution is 5.97. The van der Waals surface area contributed by atoms with E-state index in [1.165, 1.54) is 4.90 Å². The van der Waals surface area contributed by atoms with Crippen LogP contribution in [0, 0.1) is 0 Å². The molecule has 1 atom stereocenters. The summed E-state index contributed by atoms with van der Waals surface area (Å²) in [5.74, 6) is -0.137. The van der Waals surface area contributed by atoms with E-state index in [0.717, 1.165) is 48.4 Å². The Morgan fingerprint density at radius 1 is 1.03 bits per heavy atom. The molecule has 6 nitrogen and oxygen atoms in total. The number of amides is 2. The summed E-state index contributed by atoms with van der Waals surface area (Å²) < 4.78 is 44.7. The molecule has 36 heavy (non-hydrogen) atoms. The van der Waals surface area contributed by atoms with E-state index >= 15 is 0 Å². The number of nitrogens with one attached hydrogen (secondary N) is 1. The number of hydrogen-bond acceptors (Lipinski definition) is 4. The number of alkyl halides is 3. The molecule has 0 spiro atoms. The van der Waals surface area contributed by atoms with E-state index in [-0.39, 0.29) is 18.0 Å². The van der Waals surface area contributed by atoms with Crippen LogP contribution in [0.4, 0.5) is 13.2 Å². The highest BCUT2D eigenvalue weighted by Gasteiger charge is 2.33. The van der Waals surface area contributed by atoms with Gasteiger partial charge in [-0.1, -0.05) is 18.2 Å². The summed E-state index contributed by atoms with van der Waals surface area (Å²) in [7, 11) is 0. The second-order valence-electron chi connectivity index (χ2n) is 8.56. The largest absolute Gasteiger partial charge is 0.487 e. The molecule has 0 bridgehead atoms. The zero-order valence-electron chi connectivity index (χ0n) is 19.5. The average molecular weight is 498 g/mol. The molecule has 0 radical (unpaired) electrons. The number of benzene rings is 2. The first-order chi connectivity index (χ1) is 17.3. The van der Waals surface area contributed by atoms with Crippen molar-refractivity contribution in [1.29, 1.82) is 0 Å². The summed E-state index contributed by atoms with van der Waals surface area (Å²) in [5, 5.41) is 2.83. The van der Waals surface area contributed by atoms with Crippen molar-refractivity contribution in [2.45, 2.75) is 44.6 Å². The third kappa shape index (κ3) is 6.41. The van der Waals surface area contributed by atoms with Gasteiger partial charge in [-0.2, -0.15) is 13.2 Å². The average Bonchev–Trinajstić information content (AvgIpc) is 3.10. The minimum atomic E-state index is -4.50. The van der Waals surface area contributed by atoms with Gasteiger partial charge in [0, 0.05) is 24.8 Å². The maximum absolute atomic E-state index is 13.4. The van der Waals surface area contributed by atoms with E-state index in [4.69, 9.17) is 4.74 Å². The van der Waals surface area contributed by atoms with Crippen LogP contribution in [0.1, 0.15) is 46.4 Å². The molecule has 9 heteroatoms. The maximum atomic E-state index is 13.4. The van der Waals surface area contributed by atoms with Crippen LogP contribution in [-0.2, 0) is 24.1 Å². The number of ether oxygens (including phenoxy) is 1. The number of carbonyl (C=O) groups excluding carboxylic acids is 2. The second-order valence-corrected chi connectivity index (χ2v) is 8.56. The fraction of sp³-hybridized carbons (Fsp3) is 0.296. The molecule has 1 aliphatic heterocycles. The predicted octanol–water partition coefficient (Wildman–Crippen LogP) is 4.99. The van der Waals surface area contributed by atoms with Crippen molar-refractivity contribution < 1.29 is 27.5 Å². The summed E-state index contributed by atoms with van der Waals surface area (Å²) in [6.45, 7) is 0.958. The predicted molar refractivity (Wildman–Crippen MR) is 127 cm³/mol. The molecule has 0 saturated carbocycles.